The second-order valence-electron chi connectivity index (χ2n) is 5.01. The van der Waals surface area contributed by atoms with E-state index in [0.29, 0.717) is 24.5 Å². The van der Waals surface area contributed by atoms with Crippen molar-refractivity contribution in [2.45, 2.75) is 12.8 Å². The van der Waals surface area contributed by atoms with Crippen molar-refractivity contribution < 1.29 is 23.9 Å². The normalized spacial score (nSPS) is 14.2. The summed E-state index contributed by atoms with van der Waals surface area (Å²) >= 11 is 0. The van der Waals surface area contributed by atoms with E-state index in [0.717, 1.165) is 5.56 Å². The van der Waals surface area contributed by atoms with E-state index >= 15 is 0 Å². The van der Waals surface area contributed by atoms with Gasteiger partial charge < -0.3 is 14.8 Å². The predicted molar refractivity (Wildman–Crippen MR) is 80.7 cm³/mol. The van der Waals surface area contributed by atoms with E-state index in [1.807, 2.05) is 6.07 Å². The smallest absolute Gasteiger partial charge is 0.251 e. The van der Waals surface area contributed by atoms with Gasteiger partial charge in [0.1, 0.15) is 17.4 Å². The van der Waals surface area contributed by atoms with Crippen LogP contribution in [0.3, 0.4) is 0 Å². The minimum absolute atomic E-state index is 0.174. The van der Waals surface area contributed by atoms with Crippen LogP contribution in [0.4, 0.5) is 0 Å². The topological polar surface area (TPSA) is 106 Å². The van der Waals surface area contributed by atoms with Crippen molar-refractivity contribution in [3.63, 3.8) is 0 Å². The summed E-state index contributed by atoms with van der Waals surface area (Å²) in [6.45, 7) is 0.359. The van der Waals surface area contributed by atoms with E-state index in [9.17, 15) is 14.4 Å². The first-order valence-corrected chi connectivity index (χ1v) is 7.12. The Balaban J connectivity index is 1.86. The van der Waals surface area contributed by atoms with Gasteiger partial charge in [-0.25, -0.2) is 0 Å². The van der Waals surface area contributed by atoms with Crippen molar-refractivity contribution >= 4 is 17.7 Å². The van der Waals surface area contributed by atoms with Gasteiger partial charge in [-0.2, -0.15) is 0 Å². The number of methoxy groups -OCH3 is 2. The number of nitrogens with one attached hydrogen (secondary N) is 3. The zero-order chi connectivity index (χ0) is 16.8. The first kappa shape index (κ1) is 16.6. The molecule has 3 N–H and O–H groups in total. The Hall–Kier alpha value is -2.77. The molecule has 1 saturated heterocycles. The molecule has 0 radical (unpaired) electrons. The minimum atomic E-state index is -0.971. The van der Waals surface area contributed by atoms with Gasteiger partial charge in [0, 0.05) is 13.0 Å². The first-order chi connectivity index (χ1) is 11.0. The van der Waals surface area contributed by atoms with Gasteiger partial charge in [0.15, 0.2) is 0 Å². The SMILES string of the molecule is COc1ccc(OC)c(CCNC(=O)CC2C(=O)NNC2=O)c1. The van der Waals surface area contributed by atoms with Crippen LogP contribution in [-0.4, -0.2) is 38.5 Å². The molecule has 0 atom stereocenters. The number of carbonyl (C=O) groups is 3. The lowest BCUT2D eigenvalue weighted by atomic mass is 10.1. The van der Waals surface area contributed by atoms with Crippen molar-refractivity contribution in [3.8, 4) is 11.5 Å². The summed E-state index contributed by atoms with van der Waals surface area (Å²) in [5.74, 6) is -0.898. The zero-order valence-electron chi connectivity index (χ0n) is 13.0. The Morgan fingerprint density at radius 3 is 2.48 bits per heavy atom. The van der Waals surface area contributed by atoms with Crippen LogP contribution in [0.5, 0.6) is 11.5 Å². The zero-order valence-corrected chi connectivity index (χ0v) is 13.0. The molecular formula is C15H19N3O5. The Bertz CT molecular complexity index is 601. The molecule has 1 aliphatic rings. The first-order valence-electron chi connectivity index (χ1n) is 7.12. The van der Waals surface area contributed by atoms with Gasteiger partial charge in [-0.3, -0.25) is 25.2 Å². The van der Waals surface area contributed by atoms with Crippen LogP contribution in [0.1, 0.15) is 12.0 Å². The monoisotopic (exact) mass is 321 g/mol. The molecule has 8 heteroatoms. The summed E-state index contributed by atoms with van der Waals surface area (Å²) in [4.78, 5) is 34.6. The fourth-order valence-corrected chi connectivity index (χ4v) is 2.27. The third-order valence-electron chi connectivity index (χ3n) is 3.54. The van der Waals surface area contributed by atoms with Gasteiger partial charge in [-0.1, -0.05) is 0 Å². The molecule has 0 aromatic heterocycles. The number of carbonyl (C=O) groups excluding carboxylic acids is 3. The summed E-state index contributed by atoms with van der Waals surface area (Å²) < 4.78 is 10.4. The van der Waals surface area contributed by atoms with Crippen molar-refractivity contribution in [1.29, 1.82) is 0 Å². The lowest BCUT2D eigenvalue weighted by Crippen LogP contribution is -2.31. The second-order valence-corrected chi connectivity index (χ2v) is 5.01. The Morgan fingerprint density at radius 2 is 1.87 bits per heavy atom. The quantitative estimate of drug-likeness (QED) is 0.589. The van der Waals surface area contributed by atoms with Crippen LogP contribution in [-0.2, 0) is 20.8 Å². The van der Waals surface area contributed by atoms with Gasteiger partial charge in [0.05, 0.1) is 14.2 Å². The second kappa shape index (κ2) is 7.48. The Morgan fingerprint density at radius 1 is 1.17 bits per heavy atom. The molecular weight excluding hydrogens is 302 g/mol. The molecule has 8 nitrogen and oxygen atoms in total. The number of amides is 3. The molecule has 2 rings (SSSR count). The third kappa shape index (κ3) is 4.12. The molecule has 1 fully saturated rings. The van der Waals surface area contributed by atoms with Gasteiger partial charge in [0.25, 0.3) is 11.8 Å². The van der Waals surface area contributed by atoms with Crippen LogP contribution in [0.15, 0.2) is 18.2 Å². The highest BCUT2D eigenvalue weighted by Crippen LogP contribution is 2.24. The molecule has 0 bridgehead atoms. The van der Waals surface area contributed by atoms with E-state index in [1.165, 1.54) is 0 Å². The standard InChI is InChI=1S/C15H19N3O5/c1-22-10-3-4-12(23-2)9(7-10)5-6-16-13(19)8-11-14(20)17-18-15(11)21/h3-4,7,11H,5-6,8H2,1-2H3,(H,16,19)(H,17,20)(H,18,21). The Kier molecular flexibility index (Phi) is 5.40. The van der Waals surface area contributed by atoms with Crippen molar-refractivity contribution in [2.24, 2.45) is 5.92 Å². The lowest BCUT2D eigenvalue weighted by molar-refractivity contribution is -0.133. The number of hydrogen-bond acceptors (Lipinski definition) is 5. The highest BCUT2D eigenvalue weighted by atomic mass is 16.5. The number of hydrazine groups is 1. The van der Waals surface area contributed by atoms with E-state index in [1.54, 1.807) is 26.4 Å². The maximum atomic E-state index is 11.8. The maximum Gasteiger partial charge on any atom is 0.251 e. The summed E-state index contributed by atoms with van der Waals surface area (Å²) in [5.41, 5.74) is 5.26. The number of rotatable bonds is 7. The molecule has 0 unspecified atom stereocenters. The highest BCUT2D eigenvalue weighted by molar-refractivity contribution is 6.07. The minimum Gasteiger partial charge on any atom is -0.497 e. The lowest BCUT2D eigenvalue weighted by Gasteiger charge is -2.11. The molecule has 1 aromatic carbocycles. The van der Waals surface area contributed by atoms with Crippen LogP contribution < -0.4 is 25.6 Å². The average molecular weight is 321 g/mol. The molecule has 1 aromatic rings. The molecule has 1 aliphatic heterocycles. The van der Waals surface area contributed by atoms with Crippen LogP contribution >= 0.6 is 0 Å². The van der Waals surface area contributed by atoms with E-state index in [-0.39, 0.29) is 12.3 Å². The largest absolute Gasteiger partial charge is 0.497 e. The van der Waals surface area contributed by atoms with E-state index in [2.05, 4.69) is 16.2 Å². The van der Waals surface area contributed by atoms with Crippen LogP contribution in [0.2, 0.25) is 0 Å². The molecule has 1 heterocycles. The van der Waals surface area contributed by atoms with Crippen LogP contribution in [0.25, 0.3) is 0 Å². The van der Waals surface area contributed by atoms with E-state index < -0.39 is 17.7 Å². The average Bonchev–Trinajstić information content (AvgIpc) is 2.86. The predicted octanol–water partition coefficient (Wildman–Crippen LogP) is -0.470. The van der Waals surface area contributed by atoms with Crippen molar-refractivity contribution in [3.05, 3.63) is 23.8 Å². The van der Waals surface area contributed by atoms with E-state index in [4.69, 9.17) is 9.47 Å². The fraction of sp³-hybridized carbons (Fsp3) is 0.400. The fourth-order valence-electron chi connectivity index (χ4n) is 2.27. The third-order valence-corrected chi connectivity index (χ3v) is 3.54. The summed E-state index contributed by atoms with van der Waals surface area (Å²) in [7, 11) is 3.15. The van der Waals surface area contributed by atoms with Gasteiger partial charge in [-0.15, -0.1) is 0 Å². The molecule has 0 spiro atoms. The highest BCUT2D eigenvalue weighted by Gasteiger charge is 2.34. The maximum absolute atomic E-state index is 11.8. The molecule has 0 aliphatic carbocycles. The molecule has 124 valence electrons. The van der Waals surface area contributed by atoms with Crippen molar-refractivity contribution in [1.82, 2.24) is 16.2 Å². The number of ether oxygens (including phenoxy) is 2. The molecule has 23 heavy (non-hydrogen) atoms. The number of benzene rings is 1. The summed E-state index contributed by atoms with van der Waals surface area (Å²) in [6.07, 6.45) is 0.363. The van der Waals surface area contributed by atoms with Crippen LogP contribution in [0, 0.1) is 5.92 Å². The van der Waals surface area contributed by atoms with Gasteiger partial charge >= 0.3 is 0 Å². The van der Waals surface area contributed by atoms with Gasteiger partial charge in [-0.05, 0) is 30.2 Å². The molecule has 3 amide bonds. The molecule has 0 saturated carbocycles. The van der Waals surface area contributed by atoms with Gasteiger partial charge in [0.2, 0.25) is 5.91 Å². The summed E-state index contributed by atoms with van der Waals surface area (Å²) in [5, 5.41) is 2.69. The van der Waals surface area contributed by atoms with Crippen molar-refractivity contribution in [2.75, 3.05) is 20.8 Å². The summed E-state index contributed by atoms with van der Waals surface area (Å²) in [6, 6.07) is 5.42. The Labute approximate surface area is 133 Å². The number of hydrogen-bond donors (Lipinski definition) is 3.